The molecule has 0 radical (unpaired) electrons. The number of carbonyl (C=O) groups excluding carboxylic acids is 1. The molecule has 3 nitrogen and oxygen atoms in total. The van der Waals surface area contributed by atoms with E-state index in [2.05, 4.69) is 30.9 Å². The van der Waals surface area contributed by atoms with Crippen molar-refractivity contribution in [3.8, 4) is 0 Å². The minimum atomic E-state index is -0.339. The molecule has 0 bridgehead atoms. The average Bonchev–Trinajstić information content (AvgIpc) is 2.86. The quantitative estimate of drug-likeness (QED) is 0.870. The van der Waals surface area contributed by atoms with Crippen LogP contribution in [0.4, 0.5) is 0 Å². The third-order valence-electron chi connectivity index (χ3n) is 6.12. The maximum absolute atomic E-state index is 13.0. The molecule has 2 aliphatic rings. The van der Waals surface area contributed by atoms with E-state index < -0.39 is 0 Å². The molecule has 1 amide bonds. The Morgan fingerprint density at radius 2 is 1.88 bits per heavy atom. The molecule has 1 aromatic rings. The fraction of sp³-hybridized carbons (Fsp3) is 0.650. The summed E-state index contributed by atoms with van der Waals surface area (Å²) in [4.78, 5) is 15.1. The first-order chi connectivity index (χ1) is 11.2. The Bertz CT molecular complexity index is 609. The van der Waals surface area contributed by atoms with Crippen molar-refractivity contribution in [1.82, 2.24) is 4.90 Å². The van der Waals surface area contributed by atoms with Gasteiger partial charge in [0, 0.05) is 23.7 Å². The molecule has 1 saturated heterocycles. The molecular formula is C20H29ClN2O. The molecule has 0 aromatic heterocycles. The molecule has 132 valence electrons. The lowest BCUT2D eigenvalue weighted by molar-refractivity contribution is -0.140. The third-order valence-corrected chi connectivity index (χ3v) is 6.37. The number of halogens is 1. The highest BCUT2D eigenvalue weighted by Gasteiger charge is 2.45. The van der Waals surface area contributed by atoms with Gasteiger partial charge < -0.3 is 10.6 Å². The first-order valence-electron chi connectivity index (χ1n) is 9.04. The fourth-order valence-corrected chi connectivity index (χ4v) is 4.80. The van der Waals surface area contributed by atoms with E-state index in [1.54, 1.807) is 0 Å². The van der Waals surface area contributed by atoms with Crippen molar-refractivity contribution in [3.05, 3.63) is 34.9 Å². The van der Waals surface area contributed by atoms with Gasteiger partial charge in [0.15, 0.2) is 0 Å². The number of benzene rings is 1. The van der Waals surface area contributed by atoms with Gasteiger partial charge in [0.05, 0.1) is 5.92 Å². The Morgan fingerprint density at radius 3 is 2.42 bits per heavy atom. The lowest BCUT2D eigenvalue weighted by atomic mass is 9.70. The van der Waals surface area contributed by atoms with Crippen LogP contribution in [0, 0.1) is 11.3 Å². The van der Waals surface area contributed by atoms with Gasteiger partial charge in [-0.2, -0.15) is 0 Å². The second-order valence-corrected chi connectivity index (χ2v) is 9.03. The highest BCUT2D eigenvalue weighted by atomic mass is 35.5. The number of hydrogen-bond acceptors (Lipinski definition) is 2. The Labute approximate surface area is 150 Å². The molecule has 2 N–H and O–H groups in total. The van der Waals surface area contributed by atoms with Crippen molar-refractivity contribution < 1.29 is 4.79 Å². The van der Waals surface area contributed by atoms with E-state index in [0.29, 0.717) is 5.92 Å². The van der Waals surface area contributed by atoms with E-state index in [9.17, 15) is 4.79 Å². The van der Waals surface area contributed by atoms with Crippen LogP contribution >= 0.6 is 11.6 Å². The summed E-state index contributed by atoms with van der Waals surface area (Å²) in [6.45, 7) is 8.19. The second kappa shape index (κ2) is 6.34. The highest BCUT2D eigenvalue weighted by Crippen LogP contribution is 2.44. The first-order valence-corrected chi connectivity index (χ1v) is 9.42. The normalized spacial score (nSPS) is 32.8. The number of piperidine rings is 1. The number of amides is 1. The van der Waals surface area contributed by atoms with Gasteiger partial charge in [-0.1, -0.05) is 44.0 Å². The van der Waals surface area contributed by atoms with Crippen LogP contribution in [0.25, 0.3) is 0 Å². The van der Waals surface area contributed by atoms with Gasteiger partial charge in [0.25, 0.3) is 0 Å². The summed E-state index contributed by atoms with van der Waals surface area (Å²) in [5.74, 6) is 0.701. The molecule has 1 aromatic carbocycles. The van der Waals surface area contributed by atoms with E-state index in [1.165, 1.54) is 5.56 Å². The zero-order chi connectivity index (χ0) is 17.5. The van der Waals surface area contributed by atoms with Gasteiger partial charge in [-0.15, -0.1) is 0 Å². The molecule has 1 aliphatic carbocycles. The molecule has 3 atom stereocenters. The van der Waals surface area contributed by atoms with Crippen LogP contribution in [-0.4, -0.2) is 29.4 Å². The summed E-state index contributed by atoms with van der Waals surface area (Å²) in [7, 11) is 0. The summed E-state index contributed by atoms with van der Waals surface area (Å²) in [5.41, 5.74) is 7.40. The predicted octanol–water partition coefficient (Wildman–Crippen LogP) is 4.20. The van der Waals surface area contributed by atoms with Gasteiger partial charge in [-0.3, -0.25) is 4.79 Å². The van der Waals surface area contributed by atoms with Crippen LogP contribution in [0.2, 0.25) is 5.02 Å². The van der Waals surface area contributed by atoms with E-state index in [-0.39, 0.29) is 22.8 Å². The van der Waals surface area contributed by atoms with Crippen LogP contribution in [0.3, 0.4) is 0 Å². The molecule has 24 heavy (non-hydrogen) atoms. The molecule has 1 heterocycles. The molecule has 1 unspecified atom stereocenters. The third kappa shape index (κ3) is 3.34. The minimum Gasteiger partial charge on any atom is -0.342 e. The van der Waals surface area contributed by atoms with Crippen molar-refractivity contribution in [3.63, 3.8) is 0 Å². The fourth-order valence-electron chi connectivity index (χ4n) is 4.67. The first kappa shape index (κ1) is 17.8. The van der Waals surface area contributed by atoms with Crippen LogP contribution in [0.5, 0.6) is 0 Å². The Kier molecular flexibility index (Phi) is 4.69. The van der Waals surface area contributed by atoms with Crippen molar-refractivity contribution >= 4 is 17.5 Å². The number of nitrogens with zero attached hydrogens (tertiary/aromatic N) is 1. The van der Waals surface area contributed by atoms with Gasteiger partial charge in [0.1, 0.15) is 0 Å². The SMILES string of the molecule is CC1(C)CN(C(=O)[C@H]2CCC[C@@]2(C)N)CCC1c1ccc(Cl)cc1. The number of hydrogen-bond donors (Lipinski definition) is 1. The van der Waals surface area contributed by atoms with Crippen LogP contribution in [0.1, 0.15) is 57.9 Å². The Balaban J connectivity index is 1.73. The van der Waals surface area contributed by atoms with Crippen LogP contribution in [-0.2, 0) is 4.79 Å². The summed E-state index contributed by atoms with van der Waals surface area (Å²) in [6.07, 6.45) is 3.94. The monoisotopic (exact) mass is 348 g/mol. The summed E-state index contributed by atoms with van der Waals surface area (Å²) >= 11 is 6.02. The molecular weight excluding hydrogens is 320 g/mol. The summed E-state index contributed by atoms with van der Waals surface area (Å²) < 4.78 is 0. The van der Waals surface area contributed by atoms with Gasteiger partial charge in [0.2, 0.25) is 5.91 Å². The summed E-state index contributed by atoms with van der Waals surface area (Å²) in [6, 6.07) is 8.17. The van der Waals surface area contributed by atoms with E-state index in [1.807, 2.05) is 19.1 Å². The van der Waals surface area contributed by atoms with E-state index >= 15 is 0 Å². The zero-order valence-corrected chi connectivity index (χ0v) is 15.8. The zero-order valence-electron chi connectivity index (χ0n) is 15.0. The van der Waals surface area contributed by atoms with Gasteiger partial charge in [-0.25, -0.2) is 0 Å². The number of rotatable bonds is 2. The molecule has 1 aliphatic heterocycles. The van der Waals surface area contributed by atoms with E-state index in [0.717, 1.165) is 43.8 Å². The average molecular weight is 349 g/mol. The molecule has 0 spiro atoms. The van der Waals surface area contributed by atoms with Crippen molar-refractivity contribution in [2.45, 2.75) is 57.9 Å². The van der Waals surface area contributed by atoms with Crippen LogP contribution < -0.4 is 5.73 Å². The Morgan fingerprint density at radius 1 is 1.21 bits per heavy atom. The number of nitrogens with two attached hydrogens (primary N) is 1. The number of likely N-dealkylation sites (tertiary alicyclic amines) is 1. The largest absolute Gasteiger partial charge is 0.342 e. The molecule has 1 saturated carbocycles. The van der Waals surface area contributed by atoms with Crippen LogP contribution in [0.15, 0.2) is 24.3 Å². The number of carbonyl (C=O) groups is 1. The summed E-state index contributed by atoms with van der Waals surface area (Å²) in [5, 5.41) is 0.771. The maximum atomic E-state index is 13.0. The lowest BCUT2D eigenvalue weighted by Gasteiger charge is -2.46. The van der Waals surface area contributed by atoms with Gasteiger partial charge >= 0.3 is 0 Å². The topological polar surface area (TPSA) is 46.3 Å². The minimum absolute atomic E-state index is 0.0135. The molecule has 3 rings (SSSR count). The predicted molar refractivity (Wildman–Crippen MR) is 99.1 cm³/mol. The maximum Gasteiger partial charge on any atom is 0.227 e. The molecule has 4 heteroatoms. The van der Waals surface area contributed by atoms with Crippen molar-refractivity contribution in [2.75, 3.05) is 13.1 Å². The second-order valence-electron chi connectivity index (χ2n) is 8.59. The smallest absolute Gasteiger partial charge is 0.227 e. The Hall–Kier alpha value is -1.06. The van der Waals surface area contributed by atoms with Crippen molar-refractivity contribution in [2.24, 2.45) is 17.1 Å². The molecule has 2 fully saturated rings. The van der Waals surface area contributed by atoms with E-state index in [4.69, 9.17) is 17.3 Å². The van der Waals surface area contributed by atoms with Crippen molar-refractivity contribution in [1.29, 1.82) is 0 Å². The highest BCUT2D eigenvalue weighted by molar-refractivity contribution is 6.30. The lowest BCUT2D eigenvalue weighted by Crippen LogP contribution is -2.53. The standard InChI is InChI=1S/C20H29ClN2O/c1-19(2)13-23(18(24)17-5-4-11-20(17,3)22)12-10-16(19)14-6-8-15(21)9-7-14/h6-9,16-17H,4-5,10-13,22H2,1-3H3/t16?,17-,20-/m1/s1. The van der Waals surface area contributed by atoms with Gasteiger partial charge in [-0.05, 0) is 55.2 Å².